The van der Waals surface area contributed by atoms with Gasteiger partial charge in [0.2, 0.25) is 10.0 Å². The van der Waals surface area contributed by atoms with Gasteiger partial charge in [-0.05, 0) is 13.8 Å². The van der Waals surface area contributed by atoms with Crippen LogP contribution in [0.4, 0.5) is 0 Å². The second-order valence-corrected chi connectivity index (χ2v) is 5.39. The number of nitrogens with one attached hydrogen (secondary N) is 1. The molecule has 14 heavy (non-hydrogen) atoms. The molecule has 0 unspecified atom stereocenters. The van der Waals surface area contributed by atoms with E-state index in [-0.39, 0.29) is 12.2 Å². The van der Waals surface area contributed by atoms with E-state index in [4.69, 9.17) is 5.11 Å². The fraction of sp³-hybridized carbons (Fsp3) is 0.625. The molecular formula is C8H15NO4S. The van der Waals surface area contributed by atoms with E-state index >= 15 is 0 Å². The monoisotopic (exact) mass is 221 g/mol. The molecular weight excluding hydrogens is 206 g/mol. The average Bonchev–Trinajstić information content (AvgIpc) is 1.78. The summed E-state index contributed by atoms with van der Waals surface area (Å²) >= 11 is 0. The maximum atomic E-state index is 11.3. The second-order valence-electron chi connectivity index (χ2n) is 3.63. The van der Waals surface area contributed by atoms with Crippen molar-refractivity contribution in [1.29, 1.82) is 0 Å². The molecule has 0 radical (unpaired) electrons. The van der Waals surface area contributed by atoms with Crippen LogP contribution in [0, 0.1) is 0 Å². The molecule has 0 saturated carbocycles. The lowest BCUT2D eigenvalue weighted by Crippen LogP contribution is -2.45. The number of sulfonamides is 1. The molecule has 0 aromatic heterocycles. The zero-order valence-electron chi connectivity index (χ0n) is 8.28. The highest BCUT2D eigenvalue weighted by molar-refractivity contribution is 7.89. The molecule has 0 aromatic carbocycles. The molecule has 0 rings (SSSR count). The van der Waals surface area contributed by atoms with Crippen LogP contribution in [0.15, 0.2) is 12.7 Å². The highest BCUT2D eigenvalue weighted by Crippen LogP contribution is 2.09. The van der Waals surface area contributed by atoms with Crippen LogP contribution in [-0.4, -0.2) is 30.8 Å². The van der Waals surface area contributed by atoms with Gasteiger partial charge in [0.1, 0.15) is 0 Å². The van der Waals surface area contributed by atoms with Gasteiger partial charge in [-0.2, -0.15) is 0 Å². The number of carboxylic acid groups (broad SMARTS) is 1. The summed E-state index contributed by atoms with van der Waals surface area (Å²) in [5, 5.41) is 8.52. The Morgan fingerprint density at radius 3 is 2.43 bits per heavy atom. The second kappa shape index (κ2) is 4.56. The van der Waals surface area contributed by atoms with E-state index in [9.17, 15) is 13.2 Å². The quantitative estimate of drug-likeness (QED) is 0.634. The van der Waals surface area contributed by atoms with Gasteiger partial charge in [0.15, 0.2) is 0 Å². The van der Waals surface area contributed by atoms with Crippen molar-refractivity contribution in [3.63, 3.8) is 0 Å². The third-order valence-corrected chi connectivity index (χ3v) is 2.90. The summed E-state index contributed by atoms with van der Waals surface area (Å²) in [6, 6.07) is 0. The fourth-order valence-electron chi connectivity index (χ4n) is 1.03. The van der Waals surface area contributed by atoms with Crippen LogP contribution in [-0.2, 0) is 14.8 Å². The van der Waals surface area contributed by atoms with Crippen molar-refractivity contribution in [3.8, 4) is 0 Å². The average molecular weight is 221 g/mol. The Bertz CT molecular complexity index is 318. The van der Waals surface area contributed by atoms with Gasteiger partial charge >= 0.3 is 5.97 Å². The first kappa shape index (κ1) is 13.1. The lowest BCUT2D eigenvalue weighted by molar-refractivity contribution is -0.138. The molecule has 0 fully saturated rings. The van der Waals surface area contributed by atoms with E-state index in [1.165, 1.54) is 19.9 Å². The van der Waals surface area contributed by atoms with Gasteiger partial charge in [-0.25, -0.2) is 13.1 Å². The predicted molar refractivity (Wildman–Crippen MR) is 53.5 cm³/mol. The van der Waals surface area contributed by atoms with Crippen molar-refractivity contribution in [1.82, 2.24) is 4.72 Å². The topological polar surface area (TPSA) is 83.5 Å². The van der Waals surface area contributed by atoms with Crippen molar-refractivity contribution in [3.05, 3.63) is 12.7 Å². The summed E-state index contributed by atoms with van der Waals surface area (Å²) in [4.78, 5) is 10.4. The number of rotatable bonds is 6. The van der Waals surface area contributed by atoms with Crippen LogP contribution in [0.5, 0.6) is 0 Å². The largest absolute Gasteiger partial charge is 0.481 e. The Labute approximate surface area is 83.9 Å². The minimum absolute atomic E-state index is 0.212. The minimum atomic E-state index is -3.47. The van der Waals surface area contributed by atoms with Crippen molar-refractivity contribution < 1.29 is 18.3 Å². The lowest BCUT2D eigenvalue weighted by Gasteiger charge is -2.23. The molecule has 0 aromatic rings. The predicted octanol–water partition coefficient (Wildman–Crippen LogP) is 0.345. The van der Waals surface area contributed by atoms with Crippen molar-refractivity contribution in [2.24, 2.45) is 0 Å². The smallest absolute Gasteiger partial charge is 0.305 e. The highest BCUT2D eigenvalue weighted by atomic mass is 32.2. The number of hydrogen-bond donors (Lipinski definition) is 2. The molecule has 0 aliphatic rings. The first-order chi connectivity index (χ1) is 6.18. The molecule has 0 saturated heterocycles. The number of carbonyl (C=O) groups is 1. The first-order valence-electron chi connectivity index (χ1n) is 4.03. The Kier molecular flexibility index (Phi) is 4.28. The SMILES string of the molecule is C=CCS(=O)(=O)NC(C)(C)CC(=O)O. The van der Waals surface area contributed by atoms with E-state index in [1.807, 2.05) is 0 Å². The molecule has 5 nitrogen and oxygen atoms in total. The van der Waals surface area contributed by atoms with Crippen molar-refractivity contribution in [2.45, 2.75) is 25.8 Å². The summed E-state index contributed by atoms with van der Waals surface area (Å²) in [5.74, 6) is -1.26. The van der Waals surface area contributed by atoms with E-state index in [2.05, 4.69) is 11.3 Å². The van der Waals surface area contributed by atoms with Crippen molar-refractivity contribution in [2.75, 3.05) is 5.75 Å². The number of hydrogen-bond acceptors (Lipinski definition) is 3. The van der Waals surface area contributed by atoms with E-state index in [1.54, 1.807) is 0 Å². The maximum Gasteiger partial charge on any atom is 0.305 e. The maximum absolute atomic E-state index is 11.3. The summed E-state index contributed by atoms with van der Waals surface area (Å²) in [6.45, 7) is 6.33. The zero-order chi connectivity index (χ0) is 11.4. The molecule has 82 valence electrons. The van der Waals surface area contributed by atoms with Crippen LogP contribution < -0.4 is 4.72 Å². The molecule has 2 N–H and O–H groups in total. The highest BCUT2D eigenvalue weighted by Gasteiger charge is 2.26. The summed E-state index contributed by atoms with van der Waals surface area (Å²) in [7, 11) is -3.47. The van der Waals surface area contributed by atoms with E-state index in [0.29, 0.717) is 0 Å². The molecule has 0 aliphatic heterocycles. The van der Waals surface area contributed by atoms with Crippen LogP contribution in [0.2, 0.25) is 0 Å². The third-order valence-electron chi connectivity index (χ3n) is 1.36. The van der Waals surface area contributed by atoms with Gasteiger partial charge in [-0.3, -0.25) is 4.79 Å². The number of aliphatic carboxylic acids is 1. The summed E-state index contributed by atoms with van der Waals surface area (Å²) < 4.78 is 24.8. The molecule has 0 aliphatic carbocycles. The minimum Gasteiger partial charge on any atom is -0.481 e. The van der Waals surface area contributed by atoms with Gasteiger partial charge in [-0.15, -0.1) is 6.58 Å². The molecule has 0 heterocycles. The van der Waals surface area contributed by atoms with Crippen molar-refractivity contribution >= 4 is 16.0 Å². The molecule has 0 amide bonds. The Morgan fingerprint density at radius 1 is 1.57 bits per heavy atom. The van der Waals surface area contributed by atoms with Gasteiger partial charge in [0.05, 0.1) is 12.2 Å². The number of carboxylic acids is 1. The Morgan fingerprint density at radius 2 is 2.07 bits per heavy atom. The van der Waals surface area contributed by atoms with Gasteiger partial charge in [0.25, 0.3) is 0 Å². The van der Waals surface area contributed by atoms with Crippen LogP contribution in [0.25, 0.3) is 0 Å². The van der Waals surface area contributed by atoms with Gasteiger partial charge in [0, 0.05) is 5.54 Å². The fourth-order valence-corrected chi connectivity index (χ4v) is 2.34. The van der Waals surface area contributed by atoms with E-state index < -0.39 is 21.5 Å². The van der Waals surface area contributed by atoms with Crippen LogP contribution in [0.3, 0.4) is 0 Å². The lowest BCUT2D eigenvalue weighted by atomic mass is 10.0. The normalized spacial score (nSPS) is 12.4. The van der Waals surface area contributed by atoms with Crippen LogP contribution in [0.1, 0.15) is 20.3 Å². The summed E-state index contributed by atoms with van der Waals surface area (Å²) in [6.07, 6.45) is 0.989. The standard InChI is InChI=1S/C8H15NO4S/c1-4-5-14(12,13)9-8(2,3)6-7(10)11/h4,9H,1,5-6H2,2-3H3,(H,10,11). The third kappa shape index (κ3) is 5.71. The van der Waals surface area contributed by atoms with Gasteiger partial charge < -0.3 is 5.11 Å². The first-order valence-corrected chi connectivity index (χ1v) is 5.68. The Hall–Kier alpha value is -0.880. The molecule has 0 atom stereocenters. The van der Waals surface area contributed by atoms with Crippen LogP contribution >= 0.6 is 0 Å². The van der Waals surface area contributed by atoms with Gasteiger partial charge in [-0.1, -0.05) is 6.08 Å². The molecule has 0 bridgehead atoms. The summed E-state index contributed by atoms with van der Waals surface area (Å²) in [5.41, 5.74) is -0.978. The molecule has 6 heteroatoms. The van der Waals surface area contributed by atoms with E-state index in [0.717, 1.165) is 0 Å². The zero-order valence-corrected chi connectivity index (χ0v) is 9.10. The molecule has 0 spiro atoms. The Balaban J connectivity index is 4.49.